The van der Waals surface area contributed by atoms with Crippen molar-refractivity contribution < 1.29 is 18.7 Å². The van der Waals surface area contributed by atoms with Crippen LogP contribution in [0.25, 0.3) is 0 Å². The number of nitrogens with zero attached hydrogens (tertiary/aromatic N) is 1. The summed E-state index contributed by atoms with van der Waals surface area (Å²) in [6, 6.07) is 1.66. The second-order valence-corrected chi connectivity index (χ2v) is 4.91. The van der Waals surface area contributed by atoms with Crippen molar-refractivity contribution in [2.24, 2.45) is 0 Å². The van der Waals surface area contributed by atoms with E-state index in [0.717, 1.165) is 6.42 Å². The molecular weight excluding hydrogens is 290 g/mol. The standard InChI is InChI=1S/C11H12BrNO4/c12-9-8(1-4-15-9)10(14)13-3-2-11(7-13)16-5-6-17-11/h1,4H,2-3,5-7H2. The highest BCUT2D eigenvalue weighted by molar-refractivity contribution is 9.10. The Hall–Kier alpha value is -0.850. The molecule has 2 aliphatic heterocycles. The molecule has 2 fully saturated rings. The molecule has 1 aromatic heterocycles. The van der Waals surface area contributed by atoms with Crippen LogP contribution >= 0.6 is 15.9 Å². The van der Waals surface area contributed by atoms with Crippen LogP contribution < -0.4 is 0 Å². The molecule has 2 saturated heterocycles. The Morgan fingerprint density at radius 1 is 1.41 bits per heavy atom. The summed E-state index contributed by atoms with van der Waals surface area (Å²) in [5.74, 6) is -0.618. The van der Waals surface area contributed by atoms with Gasteiger partial charge in [0.2, 0.25) is 0 Å². The Morgan fingerprint density at radius 2 is 2.18 bits per heavy atom. The summed E-state index contributed by atoms with van der Waals surface area (Å²) >= 11 is 3.21. The number of hydrogen-bond donors (Lipinski definition) is 0. The minimum atomic E-state index is -0.564. The zero-order chi connectivity index (χ0) is 11.9. The lowest BCUT2D eigenvalue weighted by atomic mass is 10.2. The normalized spacial score (nSPS) is 22.5. The maximum absolute atomic E-state index is 12.2. The Balaban J connectivity index is 1.75. The Labute approximate surface area is 107 Å². The monoisotopic (exact) mass is 301 g/mol. The van der Waals surface area contributed by atoms with Crippen LogP contribution in [0.2, 0.25) is 0 Å². The third-order valence-corrected chi connectivity index (χ3v) is 3.76. The molecule has 0 atom stereocenters. The first-order chi connectivity index (χ1) is 8.20. The lowest BCUT2D eigenvalue weighted by molar-refractivity contribution is -0.143. The van der Waals surface area contributed by atoms with Gasteiger partial charge in [0.05, 0.1) is 31.6 Å². The smallest absolute Gasteiger partial charge is 0.258 e. The minimum Gasteiger partial charge on any atom is -0.457 e. The molecule has 0 radical (unpaired) electrons. The number of hydrogen-bond acceptors (Lipinski definition) is 4. The predicted molar refractivity (Wildman–Crippen MR) is 61.6 cm³/mol. The number of furan rings is 1. The van der Waals surface area contributed by atoms with Crippen molar-refractivity contribution in [3.8, 4) is 0 Å². The zero-order valence-corrected chi connectivity index (χ0v) is 10.7. The molecule has 17 heavy (non-hydrogen) atoms. The summed E-state index contributed by atoms with van der Waals surface area (Å²) < 4.78 is 16.7. The van der Waals surface area contributed by atoms with Gasteiger partial charge in [-0.05, 0) is 22.0 Å². The first kappa shape index (κ1) is 11.3. The van der Waals surface area contributed by atoms with Gasteiger partial charge in [0.1, 0.15) is 0 Å². The van der Waals surface area contributed by atoms with E-state index in [1.54, 1.807) is 11.0 Å². The molecule has 6 heteroatoms. The Kier molecular flexibility index (Phi) is 2.72. The largest absolute Gasteiger partial charge is 0.457 e. The van der Waals surface area contributed by atoms with Crippen molar-refractivity contribution in [1.82, 2.24) is 4.90 Å². The quantitative estimate of drug-likeness (QED) is 0.791. The fraction of sp³-hybridized carbons (Fsp3) is 0.545. The van der Waals surface area contributed by atoms with Crippen molar-refractivity contribution in [3.63, 3.8) is 0 Å². The summed E-state index contributed by atoms with van der Waals surface area (Å²) in [5, 5.41) is 0. The molecule has 1 amide bonds. The number of rotatable bonds is 1. The van der Waals surface area contributed by atoms with E-state index < -0.39 is 5.79 Å². The van der Waals surface area contributed by atoms with Gasteiger partial charge in [0.15, 0.2) is 10.5 Å². The molecule has 2 aliphatic rings. The number of carbonyl (C=O) groups excluding carboxylic acids is 1. The lowest BCUT2D eigenvalue weighted by Crippen LogP contribution is -2.36. The van der Waals surface area contributed by atoms with Gasteiger partial charge >= 0.3 is 0 Å². The lowest BCUT2D eigenvalue weighted by Gasteiger charge is -2.22. The van der Waals surface area contributed by atoms with Crippen LogP contribution in [0.1, 0.15) is 16.8 Å². The van der Waals surface area contributed by atoms with E-state index in [0.29, 0.717) is 36.5 Å². The first-order valence-electron chi connectivity index (χ1n) is 5.50. The van der Waals surface area contributed by atoms with Gasteiger partial charge in [-0.1, -0.05) is 0 Å². The highest BCUT2D eigenvalue weighted by Crippen LogP contribution is 2.32. The molecule has 5 nitrogen and oxygen atoms in total. The van der Waals surface area contributed by atoms with Crippen LogP contribution in [0, 0.1) is 0 Å². The summed E-state index contributed by atoms with van der Waals surface area (Å²) in [5.41, 5.74) is 0.542. The summed E-state index contributed by atoms with van der Waals surface area (Å²) in [4.78, 5) is 13.9. The van der Waals surface area contributed by atoms with Gasteiger partial charge in [-0.15, -0.1) is 0 Å². The molecule has 3 heterocycles. The van der Waals surface area contributed by atoms with E-state index >= 15 is 0 Å². The molecule has 0 bridgehead atoms. The minimum absolute atomic E-state index is 0.0541. The van der Waals surface area contributed by atoms with Crippen LogP contribution in [0.5, 0.6) is 0 Å². The molecule has 0 saturated carbocycles. The summed E-state index contributed by atoms with van der Waals surface area (Å²) in [7, 11) is 0. The summed E-state index contributed by atoms with van der Waals surface area (Å²) in [6.07, 6.45) is 2.22. The maximum atomic E-state index is 12.2. The van der Waals surface area contributed by atoms with Crippen molar-refractivity contribution in [3.05, 3.63) is 22.6 Å². The van der Waals surface area contributed by atoms with E-state index in [1.165, 1.54) is 6.26 Å². The van der Waals surface area contributed by atoms with Crippen LogP contribution in [0.4, 0.5) is 0 Å². The Bertz CT molecular complexity index is 438. The van der Waals surface area contributed by atoms with Gasteiger partial charge in [-0.3, -0.25) is 4.79 Å². The SMILES string of the molecule is O=C(c1ccoc1Br)N1CCC2(C1)OCCO2. The topological polar surface area (TPSA) is 51.9 Å². The number of ether oxygens (including phenoxy) is 2. The van der Waals surface area contributed by atoms with E-state index in [1.807, 2.05) is 0 Å². The number of amides is 1. The molecule has 92 valence electrons. The highest BCUT2D eigenvalue weighted by Gasteiger charge is 2.45. The first-order valence-corrected chi connectivity index (χ1v) is 6.30. The molecule has 3 rings (SSSR count). The van der Waals surface area contributed by atoms with Crippen molar-refractivity contribution >= 4 is 21.8 Å². The fourth-order valence-electron chi connectivity index (χ4n) is 2.28. The molecular formula is C11H12BrNO4. The molecule has 1 aromatic rings. The van der Waals surface area contributed by atoms with Gasteiger partial charge in [-0.25, -0.2) is 0 Å². The number of carbonyl (C=O) groups is 1. The van der Waals surface area contributed by atoms with Crippen molar-refractivity contribution in [1.29, 1.82) is 0 Å². The maximum Gasteiger partial charge on any atom is 0.258 e. The second-order valence-electron chi connectivity index (χ2n) is 4.19. The third kappa shape index (κ3) is 1.90. The van der Waals surface area contributed by atoms with Gasteiger partial charge < -0.3 is 18.8 Å². The van der Waals surface area contributed by atoms with Crippen molar-refractivity contribution in [2.75, 3.05) is 26.3 Å². The van der Waals surface area contributed by atoms with Crippen LogP contribution in [0.15, 0.2) is 21.4 Å². The molecule has 1 spiro atoms. The zero-order valence-electron chi connectivity index (χ0n) is 9.15. The molecule has 0 aromatic carbocycles. The average molecular weight is 302 g/mol. The fourth-order valence-corrected chi connectivity index (χ4v) is 2.69. The molecule has 0 aliphatic carbocycles. The van der Waals surface area contributed by atoms with E-state index in [-0.39, 0.29) is 5.91 Å². The van der Waals surface area contributed by atoms with E-state index in [2.05, 4.69) is 15.9 Å². The predicted octanol–water partition coefficient (Wildman–Crippen LogP) is 1.63. The average Bonchev–Trinajstić information content (AvgIpc) is 3.02. The van der Waals surface area contributed by atoms with Crippen molar-refractivity contribution in [2.45, 2.75) is 12.2 Å². The van der Waals surface area contributed by atoms with Crippen LogP contribution in [0.3, 0.4) is 0 Å². The second kappa shape index (κ2) is 4.12. The highest BCUT2D eigenvalue weighted by atomic mass is 79.9. The van der Waals surface area contributed by atoms with Gasteiger partial charge in [0, 0.05) is 13.0 Å². The Morgan fingerprint density at radius 3 is 2.82 bits per heavy atom. The van der Waals surface area contributed by atoms with E-state index in [9.17, 15) is 4.79 Å². The number of halogens is 1. The van der Waals surface area contributed by atoms with E-state index in [4.69, 9.17) is 13.9 Å². The molecule has 0 N–H and O–H groups in total. The van der Waals surface area contributed by atoms with Crippen LogP contribution in [-0.2, 0) is 9.47 Å². The third-order valence-electron chi connectivity index (χ3n) is 3.14. The van der Waals surface area contributed by atoms with Gasteiger partial charge in [0.25, 0.3) is 5.91 Å². The molecule has 0 unspecified atom stereocenters. The summed E-state index contributed by atoms with van der Waals surface area (Å²) in [6.45, 7) is 2.36. The van der Waals surface area contributed by atoms with Gasteiger partial charge in [-0.2, -0.15) is 0 Å². The van der Waals surface area contributed by atoms with Crippen LogP contribution in [-0.4, -0.2) is 42.9 Å². The number of likely N-dealkylation sites (tertiary alicyclic amines) is 1.